The Labute approximate surface area is 116 Å². The van der Waals surface area contributed by atoms with Gasteiger partial charge in [-0.15, -0.1) is 0 Å². The van der Waals surface area contributed by atoms with Gasteiger partial charge in [0.25, 0.3) is 0 Å². The molecule has 2 aromatic rings. The summed E-state index contributed by atoms with van der Waals surface area (Å²) in [6, 6.07) is 10.2. The predicted octanol–water partition coefficient (Wildman–Crippen LogP) is 5.03. The molecule has 0 aliphatic rings. The van der Waals surface area contributed by atoms with E-state index in [0.717, 1.165) is 25.8 Å². The Morgan fingerprint density at radius 2 is 1.82 bits per heavy atom. The number of hydrogen-bond donors (Lipinski definition) is 0. The summed E-state index contributed by atoms with van der Waals surface area (Å²) in [5, 5.41) is 0. The summed E-state index contributed by atoms with van der Waals surface area (Å²) in [6.45, 7) is 0. The lowest BCUT2D eigenvalue weighted by Crippen LogP contribution is -1.88. The van der Waals surface area contributed by atoms with Crippen LogP contribution in [0.2, 0.25) is 0 Å². The van der Waals surface area contributed by atoms with Crippen LogP contribution >= 0.6 is 31.9 Å². The van der Waals surface area contributed by atoms with Crippen molar-refractivity contribution in [3.63, 3.8) is 0 Å². The first-order valence-electron chi connectivity index (χ1n) is 4.91. The number of rotatable bonds is 2. The van der Waals surface area contributed by atoms with Crippen LogP contribution < -0.4 is 4.74 Å². The van der Waals surface area contributed by atoms with Gasteiger partial charge in [-0.2, -0.15) is 0 Å². The second-order valence-electron chi connectivity index (χ2n) is 3.45. The average Bonchev–Trinajstić information content (AvgIpc) is 2.33. The molecule has 4 heteroatoms. The van der Waals surface area contributed by atoms with Gasteiger partial charge in [-0.3, -0.25) is 0 Å². The lowest BCUT2D eigenvalue weighted by atomic mass is 10.1. The van der Waals surface area contributed by atoms with Crippen LogP contribution in [-0.4, -0.2) is 7.11 Å². The third kappa shape index (κ3) is 2.53. The lowest BCUT2D eigenvalue weighted by Gasteiger charge is -2.10. The molecule has 0 fully saturated rings. The minimum absolute atomic E-state index is 0.266. The van der Waals surface area contributed by atoms with Gasteiger partial charge in [-0.25, -0.2) is 4.39 Å². The highest BCUT2D eigenvalue weighted by Gasteiger charge is 2.11. The van der Waals surface area contributed by atoms with Gasteiger partial charge in [-0.05, 0) is 40.2 Å². The molecule has 0 saturated heterocycles. The van der Waals surface area contributed by atoms with Crippen LogP contribution in [0.5, 0.6) is 5.75 Å². The number of benzene rings is 2. The van der Waals surface area contributed by atoms with Crippen LogP contribution in [0, 0.1) is 5.82 Å². The number of methoxy groups -OCH3 is 1. The van der Waals surface area contributed by atoms with Crippen molar-refractivity contribution in [1.29, 1.82) is 0 Å². The summed E-state index contributed by atoms with van der Waals surface area (Å²) in [6.07, 6.45) is 0. The molecule has 0 bridgehead atoms. The normalized spacial score (nSPS) is 10.4. The summed E-state index contributed by atoms with van der Waals surface area (Å²) in [4.78, 5) is 0. The third-order valence-electron chi connectivity index (χ3n) is 2.40. The minimum atomic E-state index is -0.266. The lowest BCUT2D eigenvalue weighted by molar-refractivity contribution is 0.412. The first-order chi connectivity index (χ1) is 8.13. The van der Waals surface area contributed by atoms with E-state index >= 15 is 0 Å². The van der Waals surface area contributed by atoms with Crippen molar-refractivity contribution in [3.8, 4) is 16.9 Å². The Balaban J connectivity index is 2.64. The summed E-state index contributed by atoms with van der Waals surface area (Å²) in [5.41, 5.74) is 1.67. The van der Waals surface area contributed by atoms with Crippen molar-refractivity contribution in [1.82, 2.24) is 0 Å². The van der Waals surface area contributed by atoms with Gasteiger partial charge in [0.2, 0.25) is 0 Å². The molecule has 0 atom stereocenters. The highest BCUT2D eigenvalue weighted by Crippen LogP contribution is 2.38. The van der Waals surface area contributed by atoms with Crippen LogP contribution in [-0.2, 0) is 0 Å². The van der Waals surface area contributed by atoms with E-state index in [9.17, 15) is 4.39 Å². The van der Waals surface area contributed by atoms with E-state index in [1.165, 1.54) is 12.1 Å². The molecule has 0 heterocycles. The van der Waals surface area contributed by atoms with Gasteiger partial charge in [-0.1, -0.05) is 28.1 Å². The zero-order valence-corrected chi connectivity index (χ0v) is 12.2. The molecule has 2 aromatic carbocycles. The molecular formula is C13H9Br2FO. The van der Waals surface area contributed by atoms with Gasteiger partial charge >= 0.3 is 0 Å². The monoisotopic (exact) mass is 358 g/mol. The second kappa shape index (κ2) is 5.19. The molecule has 88 valence electrons. The standard InChI is InChI=1S/C13H9Br2FO/c1-17-12-4-2-3-9(13(12)15)10-7-8(16)5-6-11(10)14/h2-7H,1H3. The van der Waals surface area contributed by atoms with E-state index in [2.05, 4.69) is 31.9 Å². The summed E-state index contributed by atoms with van der Waals surface area (Å²) in [7, 11) is 1.60. The van der Waals surface area contributed by atoms with Crippen molar-refractivity contribution >= 4 is 31.9 Å². The van der Waals surface area contributed by atoms with Crippen molar-refractivity contribution in [3.05, 3.63) is 51.2 Å². The van der Waals surface area contributed by atoms with Crippen LogP contribution in [0.1, 0.15) is 0 Å². The molecule has 17 heavy (non-hydrogen) atoms. The maximum absolute atomic E-state index is 13.3. The van der Waals surface area contributed by atoms with E-state index in [1.54, 1.807) is 13.2 Å². The maximum atomic E-state index is 13.3. The molecule has 0 aromatic heterocycles. The van der Waals surface area contributed by atoms with E-state index < -0.39 is 0 Å². The van der Waals surface area contributed by atoms with Gasteiger partial charge in [0, 0.05) is 15.6 Å². The van der Waals surface area contributed by atoms with Gasteiger partial charge in [0.05, 0.1) is 11.6 Å². The predicted molar refractivity (Wildman–Crippen MR) is 73.8 cm³/mol. The maximum Gasteiger partial charge on any atom is 0.133 e. The summed E-state index contributed by atoms with van der Waals surface area (Å²) >= 11 is 6.89. The number of ether oxygens (including phenoxy) is 1. The van der Waals surface area contributed by atoms with Crippen LogP contribution in [0.25, 0.3) is 11.1 Å². The Morgan fingerprint density at radius 3 is 2.53 bits per heavy atom. The fourth-order valence-electron chi connectivity index (χ4n) is 1.58. The summed E-state index contributed by atoms with van der Waals surface area (Å²) < 4.78 is 20.2. The van der Waals surface area contributed by atoms with Crippen molar-refractivity contribution in [2.24, 2.45) is 0 Å². The molecule has 0 aliphatic carbocycles. The number of hydrogen-bond acceptors (Lipinski definition) is 1. The fourth-order valence-corrected chi connectivity index (χ4v) is 2.68. The Kier molecular flexibility index (Phi) is 3.84. The summed E-state index contributed by atoms with van der Waals surface area (Å²) in [5.74, 6) is 0.455. The SMILES string of the molecule is COc1cccc(-c2cc(F)ccc2Br)c1Br. The van der Waals surface area contributed by atoms with E-state index in [-0.39, 0.29) is 5.82 Å². The molecule has 0 N–H and O–H groups in total. The first kappa shape index (κ1) is 12.6. The minimum Gasteiger partial charge on any atom is -0.496 e. The zero-order valence-electron chi connectivity index (χ0n) is 9.01. The molecule has 0 radical (unpaired) electrons. The van der Waals surface area contributed by atoms with Gasteiger partial charge in [0.15, 0.2) is 0 Å². The molecule has 0 spiro atoms. The second-order valence-corrected chi connectivity index (χ2v) is 5.09. The smallest absolute Gasteiger partial charge is 0.133 e. The van der Waals surface area contributed by atoms with Crippen LogP contribution in [0.4, 0.5) is 4.39 Å². The van der Waals surface area contributed by atoms with Crippen molar-refractivity contribution in [2.75, 3.05) is 7.11 Å². The molecule has 0 amide bonds. The van der Waals surface area contributed by atoms with Crippen molar-refractivity contribution in [2.45, 2.75) is 0 Å². The molecule has 1 nitrogen and oxygen atoms in total. The van der Waals surface area contributed by atoms with Crippen LogP contribution in [0.15, 0.2) is 45.3 Å². The Bertz CT molecular complexity index is 555. The highest BCUT2D eigenvalue weighted by atomic mass is 79.9. The topological polar surface area (TPSA) is 9.23 Å². The average molecular weight is 360 g/mol. The number of halogens is 3. The quantitative estimate of drug-likeness (QED) is 0.730. The molecule has 0 aliphatic heterocycles. The van der Waals surface area contributed by atoms with Crippen LogP contribution in [0.3, 0.4) is 0 Å². The van der Waals surface area contributed by atoms with Crippen molar-refractivity contribution < 1.29 is 9.13 Å². The molecule has 2 rings (SSSR count). The molecule has 0 unspecified atom stereocenters. The molecular weight excluding hydrogens is 351 g/mol. The van der Waals surface area contributed by atoms with E-state index in [1.807, 2.05) is 18.2 Å². The first-order valence-corrected chi connectivity index (χ1v) is 6.50. The Morgan fingerprint density at radius 1 is 1.06 bits per heavy atom. The largest absolute Gasteiger partial charge is 0.496 e. The van der Waals surface area contributed by atoms with Gasteiger partial charge in [0.1, 0.15) is 11.6 Å². The Hall–Kier alpha value is -0.870. The fraction of sp³-hybridized carbons (Fsp3) is 0.0769. The third-order valence-corrected chi connectivity index (χ3v) is 3.91. The zero-order chi connectivity index (χ0) is 12.4. The molecule has 0 saturated carbocycles. The van der Waals surface area contributed by atoms with E-state index in [4.69, 9.17) is 4.74 Å². The highest BCUT2D eigenvalue weighted by molar-refractivity contribution is 9.11. The van der Waals surface area contributed by atoms with E-state index in [0.29, 0.717) is 0 Å². The van der Waals surface area contributed by atoms with Gasteiger partial charge < -0.3 is 4.74 Å².